The van der Waals surface area contributed by atoms with Gasteiger partial charge in [-0.05, 0) is 30.2 Å². The molecule has 0 amide bonds. The third kappa shape index (κ3) is 3.93. The van der Waals surface area contributed by atoms with E-state index in [-0.39, 0.29) is 0 Å². The molecule has 0 aliphatic heterocycles. The first-order chi connectivity index (χ1) is 9.33. The van der Waals surface area contributed by atoms with Gasteiger partial charge in [-0.3, -0.25) is 0 Å². The molecule has 0 saturated heterocycles. The normalized spacial score (nSPS) is 10.2. The number of benzene rings is 2. The molecule has 0 atom stereocenters. The lowest BCUT2D eigenvalue weighted by Crippen LogP contribution is -1.92. The fourth-order valence-corrected chi connectivity index (χ4v) is 2.87. The molecule has 0 bridgehead atoms. The van der Waals surface area contributed by atoms with Gasteiger partial charge in [-0.2, -0.15) is 0 Å². The van der Waals surface area contributed by atoms with E-state index in [0.29, 0.717) is 0 Å². The highest BCUT2D eigenvalue weighted by Gasteiger charge is 2.05. The first-order valence-electron chi connectivity index (χ1n) is 6.22. The molecule has 2 nitrogen and oxygen atoms in total. The van der Waals surface area contributed by atoms with Crippen LogP contribution < -0.4 is 9.47 Å². The van der Waals surface area contributed by atoms with Crippen molar-refractivity contribution >= 4 is 11.8 Å². The molecule has 0 aliphatic carbocycles. The van der Waals surface area contributed by atoms with E-state index in [1.54, 1.807) is 26.0 Å². The van der Waals surface area contributed by atoms with Crippen LogP contribution in [-0.2, 0) is 6.42 Å². The molecule has 0 spiro atoms. The van der Waals surface area contributed by atoms with Crippen molar-refractivity contribution < 1.29 is 9.47 Å². The zero-order valence-electron chi connectivity index (χ0n) is 11.3. The predicted octanol–water partition coefficient (Wildman–Crippen LogP) is 4.04. The summed E-state index contributed by atoms with van der Waals surface area (Å²) in [4.78, 5) is 1.12. The molecule has 0 N–H and O–H groups in total. The summed E-state index contributed by atoms with van der Waals surface area (Å²) in [6.45, 7) is 0. The summed E-state index contributed by atoms with van der Waals surface area (Å²) >= 11 is 1.79. The molecule has 100 valence electrons. The van der Waals surface area contributed by atoms with Crippen molar-refractivity contribution in [2.75, 3.05) is 20.0 Å². The molecule has 2 rings (SSSR count). The van der Waals surface area contributed by atoms with Crippen molar-refractivity contribution in [1.82, 2.24) is 0 Å². The molecule has 0 saturated carbocycles. The number of thioether (sulfide) groups is 1. The zero-order chi connectivity index (χ0) is 13.5. The van der Waals surface area contributed by atoms with Crippen molar-refractivity contribution in [1.29, 1.82) is 0 Å². The molecular formula is C16H18O2S. The van der Waals surface area contributed by atoms with Gasteiger partial charge in [-0.15, -0.1) is 11.8 Å². The van der Waals surface area contributed by atoms with Gasteiger partial charge in [0.2, 0.25) is 0 Å². The molecule has 0 unspecified atom stereocenters. The lowest BCUT2D eigenvalue weighted by atomic mass is 10.2. The number of hydrogen-bond acceptors (Lipinski definition) is 3. The van der Waals surface area contributed by atoms with Crippen LogP contribution in [0.2, 0.25) is 0 Å². The maximum atomic E-state index is 5.37. The molecule has 0 aliphatic rings. The lowest BCUT2D eigenvalue weighted by Gasteiger charge is -2.10. The van der Waals surface area contributed by atoms with E-state index >= 15 is 0 Å². The van der Waals surface area contributed by atoms with E-state index in [0.717, 1.165) is 28.6 Å². The first kappa shape index (κ1) is 13.8. The van der Waals surface area contributed by atoms with Crippen LogP contribution in [0.25, 0.3) is 0 Å². The Kier molecular flexibility index (Phi) is 5.16. The van der Waals surface area contributed by atoms with E-state index < -0.39 is 0 Å². The molecule has 0 radical (unpaired) electrons. The summed E-state index contributed by atoms with van der Waals surface area (Å²) in [5, 5.41) is 0. The van der Waals surface area contributed by atoms with E-state index in [1.807, 2.05) is 24.3 Å². The smallest absolute Gasteiger partial charge is 0.132 e. The van der Waals surface area contributed by atoms with Gasteiger partial charge < -0.3 is 9.47 Å². The predicted molar refractivity (Wildman–Crippen MR) is 80.4 cm³/mol. The van der Waals surface area contributed by atoms with Crippen LogP contribution in [-0.4, -0.2) is 20.0 Å². The summed E-state index contributed by atoms with van der Waals surface area (Å²) < 4.78 is 10.6. The Bertz CT molecular complexity index is 511. The van der Waals surface area contributed by atoms with E-state index in [9.17, 15) is 0 Å². The Morgan fingerprint density at radius 1 is 0.947 bits per heavy atom. The minimum atomic E-state index is 0.864. The van der Waals surface area contributed by atoms with Gasteiger partial charge in [-0.25, -0.2) is 0 Å². The van der Waals surface area contributed by atoms with Crippen LogP contribution in [0.4, 0.5) is 0 Å². The number of aryl methyl sites for hydroxylation is 1. The van der Waals surface area contributed by atoms with Gasteiger partial charge in [0.25, 0.3) is 0 Å². The second-order valence-electron chi connectivity index (χ2n) is 4.10. The Balaban J connectivity index is 1.98. The van der Waals surface area contributed by atoms with Crippen LogP contribution in [0, 0.1) is 0 Å². The first-order valence-corrected chi connectivity index (χ1v) is 7.21. The van der Waals surface area contributed by atoms with Crippen molar-refractivity contribution in [3.05, 3.63) is 54.1 Å². The third-order valence-electron chi connectivity index (χ3n) is 2.86. The minimum absolute atomic E-state index is 0.864. The summed E-state index contributed by atoms with van der Waals surface area (Å²) in [5.41, 5.74) is 1.36. The number of rotatable bonds is 6. The van der Waals surface area contributed by atoms with Gasteiger partial charge in [0.1, 0.15) is 11.5 Å². The number of hydrogen-bond donors (Lipinski definition) is 0. The molecule has 2 aromatic carbocycles. The second kappa shape index (κ2) is 7.10. The standard InChI is InChI=1S/C16H18O2S/c1-17-14-8-9-15(18-2)16(12-14)19-11-10-13-6-4-3-5-7-13/h3-9,12H,10-11H2,1-2H3. The highest BCUT2D eigenvalue weighted by molar-refractivity contribution is 7.99. The molecule has 2 aromatic rings. The number of ether oxygens (including phenoxy) is 2. The highest BCUT2D eigenvalue weighted by Crippen LogP contribution is 2.33. The summed E-state index contributed by atoms with van der Waals surface area (Å²) in [5.74, 6) is 2.79. The minimum Gasteiger partial charge on any atom is -0.497 e. The second-order valence-corrected chi connectivity index (χ2v) is 5.24. The van der Waals surface area contributed by atoms with Crippen LogP contribution in [0.15, 0.2) is 53.4 Å². The topological polar surface area (TPSA) is 18.5 Å². The molecule has 0 heterocycles. The van der Waals surface area contributed by atoms with Crippen molar-refractivity contribution in [3.8, 4) is 11.5 Å². The Morgan fingerprint density at radius 3 is 2.42 bits per heavy atom. The lowest BCUT2D eigenvalue weighted by molar-refractivity contribution is 0.394. The van der Waals surface area contributed by atoms with Crippen molar-refractivity contribution in [2.45, 2.75) is 11.3 Å². The average Bonchev–Trinajstić information content (AvgIpc) is 2.48. The molecular weight excluding hydrogens is 256 g/mol. The van der Waals surface area contributed by atoms with Crippen molar-refractivity contribution in [3.63, 3.8) is 0 Å². The molecule has 3 heteroatoms. The fourth-order valence-electron chi connectivity index (χ4n) is 1.82. The van der Waals surface area contributed by atoms with Gasteiger partial charge in [0, 0.05) is 5.75 Å². The Labute approximate surface area is 118 Å². The maximum Gasteiger partial charge on any atom is 0.132 e. The van der Waals surface area contributed by atoms with Gasteiger partial charge in [-0.1, -0.05) is 30.3 Å². The Hall–Kier alpha value is -1.61. The summed E-state index contributed by atoms with van der Waals surface area (Å²) in [6, 6.07) is 16.4. The van der Waals surface area contributed by atoms with Gasteiger partial charge in [0.05, 0.1) is 19.1 Å². The van der Waals surface area contributed by atoms with E-state index in [4.69, 9.17) is 9.47 Å². The molecule has 19 heavy (non-hydrogen) atoms. The number of methoxy groups -OCH3 is 2. The van der Waals surface area contributed by atoms with Crippen LogP contribution in [0.1, 0.15) is 5.56 Å². The Morgan fingerprint density at radius 2 is 1.74 bits per heavy atom. The summed E-state index contributed by atoms with van der Waals surface area (Å²) in [7, 11) is 3.38. The molecule has 0 aromatic heterocycles. The average molecular weight is 274 g/mol. The maximum absolute atomic E-state index is 5.37. The van der Waals surface area contributed by atoms with Crippen LogP contribution >= 0.6 is 11.8 Å². The van der Waals surface area contributed by atoms with E-state index in [2.05, 4.69) is 24.3 Å². The third-order valence-corrected chi connectivity index (χ3v) is 3.90. The fraction of sp³-hybridized carbons (Fsp3) is 0.250. The monoisotopic (exact) mass is 274 g/mol. The van der Waals surface area contributed by atoms with Crippen LogP contribution in [0.3, 0.4) is 0 Å². The quantitative estimate of drug-likeness (QED) is 0.741. The van der Waals surface area contributed by atoms with Crippen LogP contribution in [0.5, 0.6) is 11.5 Å². The van der Waals surface area contributed by atoms with Gasteiger partial charge in [0.15, 0.2) is 0 Å². The highest BCUT2D eigenvalue weighted by atomic mass is 32.2. The zero-order valence-corrected chi connectivity index (χ0v) is 12.1. The SMILES string of the molecule is COc1ccc(OC)c(SCCc2ccccc2)c1. The molecule has 0 fully saturated rings. The summed E-state index contributed by atoms with van der Waals surface area (Å²) in [6.07, 6.45) is 1.05. The van der Waals surface area contributed by atoms with Gasteiger partial charge >= 0.3 is 0 Å². The van der Waals surface area contributed by atoms with Crippen molar-refractivity contribution in [2.24, 2.45) is 0 Å². The van der Waals surface area contributed by atoms with E-state index in [1.165, 1.54) is 5.56 Å². The largest absolute Gasteiger partial charge is 0.497 e.